The summed E-state index contributed by atoms with van der Waals surface area (Å²) in [6, 6.07) is 65.0. The molecule has 5 nitrogen and oxygen atoms in total. The molecule has 0 fully saturated rings. The lowest BCUT2D eigenvalue weighted by molar-refractivity contribution is 0.670. The molecule has 0 amide bonds. The van der Waals surface area contributed by atoms with Crippen molar-refractivity contribution in [2.24, 2.45) is 0 Å². The first-order valence-corrected chi connectivity index (χ1v) is 19.0. The van der Waals surface area contributed by atoms with Gasteiger partial charge in [-0.15, -0.1) is 0 Å². The molecule has 57 heavy (non-hydrogen) atoms. The summed E-state index contributed by atoms with van der Waals surface area (Å²) in [5, 5.41) is 5.67. The van der Waals surface area contributed by atoms with Crippen molar-refractivity contribution in [2.45, 2.75) is 0 Å². The molecule has 3 heterocycles. The molecule has 0 bridgehead atoms. The lowest BCUT2D eigenvalue weighted by Gasteiger charge is -2.12. The van der Waals surface area contributed by atoms with E-state index in [0.29, 0.717) is 17.5 Å². The highest BCUT2D eigenvalue weighted by molar-refractivity contribution is 6.09. The molecule has 0 unspecified atom stereocenters. The predicted molar refractivity (Wildman–Crippen MR) is 233 cm³/mol. The average Bonchev–Trinajstić information content (AvgIpc) is 3.68. The highest BCUT2D eigenvalue weighted by Crippen LogP contribution is 2.38. The summed E-state index contributed by atoms with van der Waals surface area (Å²) in [5.41, 5.74) is 12.1. The van der Waals surface area contributed by atoms with Crippen LogP contribution in [0, 0.1) is 0 Å². The summed E-state index contributed by atoms with van der Waals surface area (Å²) in [7, 11) is 0. The quantitative estimate of drug-likeness (QED) is 0.171. The molecular formula is C52H32N4O. The van der Waals surface area contributed by atoms with Gasteiger partial charge in [-0.3, -0.25) is 4.98 Å². The molecule has 0 radical (unpaired) electrons. The zero-order valence-electron chi connectivity index (χ0n) is 30.7. The van der Waals surface area contributed by atoms with Crippen LogP contribution in [0.15, 0.2) is 199 Å². The molecule has 266 valence electrons. The van der Waals surface area contributed by atoms with E-state index in [1.165, 1.54) is 5.39 Å². The zero-order chi connectivity index (χ0) is 37.7. The van der Waals surface area contributed by atoms with E-state index in [2.05, 4.69) is 146 Å². The summed E-state index contributed by atoms with van der Waals surface area (Å²) in [6.45, 7) is 0. The van der Waals surface area contributed by atoms with Crippen molar-refractivity contribution in [1.82, 2.24) is 19.9 Å². The molecule has 0 saturated heterocycles. The number of aromatic nitrogens is 4. The third-order valence-corrected chi connectivity index (χ3v) is 10.8. The smallest absolute Gasteiger partial charge is 0.164 e. The third kappa shape index (κ3) is 5.81. The summed E-state index contributed by atoms with van der Waals surface area (Å²) in [5.74, 6) is 1.90. The van der Waals surface area contributed by atoms with E-state index in [1.54, 1.807) is 0 Å². The van der Waals surface area contributed by atoms with Crippen LogP contribution in [0.25, 0.3) is 111 Å². The largest absolute Gasteiger partial charge is 0.455 e. The Morgan fingerprint density at radius 2 is 0.877 bits per heavy atom. The van der Waals surface area contributed by atoms with Gasteiger partial charge in [-0.1, -0.05) is 170 Å². The summed E-state index contributed by atoms with van der Waals surface area (Å²) in [4.78, 5) is 19.8. The molecule has 0 N–H and O–H groups in total. The molecular weight excluding hydrogens is 697 g/mol. The standard InChI is InChI=1S/C52H32N4O/c1-2-11-37(12-3-1)50-54-51(56-52(55-50)40-29-20-33-10-4-5-13-39(33)32-40)38-27-25-35(26-28-38)42-15-8-17-45-41(30-31-53-48(42)45)34-21-23-36(24-22-34)43-16-9-18-46-44-14-6-7-19-47(44)57-49(43)46/h1-32H. The lowest BCUT2D eigenvalue weighted by atomic mass is 9.94. The number of hydrogen-bond donors (Lipinski definition) is 0. The van der Waals surface area contributed by atoms with Gasteiger partial charge < -0.3 is 4.42 Å². The van der Waals surface area contributed by atoms with Crippen LogP contribution >= 0.6 is 0 Å². The number of nitrogens with zero attached hydrogens (tertiary/aromatic N) is 4. The van der Waals surface area contributed by atoms with Gasteiger partial charge in [0.2, 0.25) is 0 Å². The van der Waals surface area contributed by atoms with Crippen LogP contribution in [0.3, 0.4) is 0 Å². The van der Waals surface area contributed by atoms with E-state index in [-0.39, 0.29) is 0 Å². The van der Waals surface area contributed by atoms with Crippen LogP contribution in [0.5, 0.6) is 0 Å². The van der Waals surface area contributed by atoms with Gasteiger partial charge in [-0.25, -0.2) is 15.0 Å². The van der Waals surface area contributed by atoms with Crippen LogP contribution in [-0.2, 0) is 0 Å². The number of para-hydroxylation sites is 3. The minimum atomic E-state index is 0.622. The fourth-order valence-corrected chi connectivity index (χ4v) is 7.94. The second kappa shape index (κ2) is 13.5. The maximum atomic E-state index is 6.34. The molecule has 0 aliphatic carbocycles. The van der Waals surface area contributed by atoms with Gasteiger partial charge in [0.25, 0.3) is 0 Å². The van der Waals surface area contributed by atoms with E-state index in [0.717, 1.165) is 88.3 Å². The van der Waals surface area contributed by atoms with Gasteiger partial charge in [0.05, 0.1) is 5.52 Å². The number of rotatable bonds is 6. The van der Waals surface area contributed by atoms with Crippen LogP contribution in [-0.4, -0.2) is 19.9 Å². The second-order valence-corrected chi connectivity index (χ2v) is 14.2. The fraction of sp³-hybridized carbons (Fsp3) is 0. The zero-order valence-corrected chi connectivity index (χ0v) is 30.7. The molecule has 0 atom stereocenters. The summed E-state index contributed by atoms with van der Waals surface area (Å²) < 4.78 is 6.34. The topological polar surface area (TPSA) is 64.7 Å². The predicted octanol–water partition coefficient (Wildman–Crippen LogP) is 13.5. The monoisotopic (exact) mass is 728 g/mol. The summed E-state index contributed by atoms with van der Waals surface area (Å²) in [6.07, 6.45) is 1.91. The van der Waals surface area contributed by atoms with E-state index in [9.17, 15) is 0 Å². The highest BCUT2D eigenvalue weighted by atomic mass is 16.3. The van der Waals surface area contributed by atoms with Crippen molar-refractivity contribution in [3.05, 3.63) is 194 Å². The van der Waals surface area contributed by atoms with E-state index in [1.807, 2.05) is 48.7 Å². The van der Waals surface area contributed by atoms with Crippen LogP contribution < -0.4 is 0 Å². The first kappa shape index (κ1) is 32.7. The Labute approximate surface area is 328 Å². The third-order valence-electron chi connectivity index (χ3n) is 10.8. The molecule has 8 aromatic carbocycles. The van der Waals surface area contributed by atoms with E-state index >= 15 is 0 Å². The minimum absolute atomic E-state index is 0.622. The van der Waals surface area contributed by atoms with Gasteiger partial charge in [0.15, 0.2) is 17.5 Å². The number of fused-ring (bicyclic) bond motifs is 5. The van der Waals surface area contributed by atoms with E-state index < -0.39 is 0 Å². The van der Waals surface area contributed by atoms with Crippen LogP contribution in [0.4, 0.5) is 0 Å². The number of pyridine rings is 1. The molecule has 0 saturated carbocycles. The molecule has 11 rings (SSSR count). The number of furan rings is 1. The number of hydrogen-bond acceptors (Lipinski definition) is 5. The van der Waals surface area contributed by atoms with Crippen molar-refractivity contribution in [3.8, 4) is 67.5 Å². The highest BCUT2D eigenvalue weighted by Gasteiger charge is 2.16. The Morgan fingerprint density at radius 1 is 0.333 bits per heavy atom. The molecule has 11 aromatic rings. The maximum Gasteiger partial charge on any atom is 0.164 e. The maximum absolute atomic E-state index is 6.34. The van der Waals surface area contributed by atoms with E-state index in [4.69, 9.17) is 24.4 Å². The molecule has 0 aliphatic heterocycles. The fourth-order valence-electron chi connectivity index (χ4n) is 7.94. The van der Waals surface area contributed by atoms with Crippen LogP contribution in [0.1, 0.15) is 0 Å². The molecule has 0 spiro atoms. The first-order chi connectivity index (χ1) is 28.2. The average molecular weight is 729 g/mol. The van der Waals surface area contributed by atoms with Crippen molar-refractivity contribution in [2.75, 3.05) is 0 Å². The Balaban J connectivity index is 0.941. The van der Waals surface area contributed by atoms with Gasteiger partial charge in [-0.05, 0) is 51.2 Å². The first-order valence-electron chi connectivity index (χ1n) is 19.0. The minimum Gasteiger partial charge on any atom is -0.455 e. The van der Waals surface area contributed by atoms with Gasteiger partial charge in [0, 0.05) is 50.2 Å². The van der Waals surface area contributed by atoms with Gasteiger partial charge in [0.1, 0.15) is 11.2 Å². The number of benzene rings is 8. The SMILES string of the molecule is c1ccc(-c2nc(-c3ccc(-c4cccc5c(-c6ccc(-c7cccc8c7oc7ccccc78)cc6)ccnc45)cc3)nc(-c3ccc4ccccc4c3)n2)cc1. The van der Waals surface area contributed by atoms with Crippen molar-refractivity contribution in [1.29, 1.82) is 0 Å². The second-order valence-electron chi connectivity index (χ2n) is 14.2. The molecule has 5 heteroatoms. The normalized spacial score (nSPS) is 11.5. The Morgan fingerprint density at radius 3 is 1.65 bits per heavy atom. The lowest BCUT2D eigenvalue weighted by Crippen LogP contribution is -2.00. The Bertz CT molecular complexity index is 3280. The van der Waals surface area contributed by atoms with Crippen molar-refractivity contribution in [3.63, 3.8) is 0 Å². The van der Waals surface area contributed by atoms with Gasteiger partial charge >= 0.3 is 0 Å². The van der Waals surface area contributed by atoms with Crippen molar-refractivity contribution < 1.29 is 4.42 Å². The van der Waals surface area contributed by atoms with Gasteiger partial charge in [-0.2, -0.15) is 0 Å². The van der Waals surface area contributed by atoms with Crippen molar-refractivity contribution >= 4 is 43.6 Å². The molecule has 0 aliphatic rings. The van der Waals surface area contributed by atoms with Crippen LogP contribution in [0.2, 0.25) is 0 Å². The Kier molecular flexibility index (Phi) is 7.74. The summed E-state index contributed by atoms with van der Waals surface area (Å²) >= 11 is 0. The molecule has 3 aromatic heterocycles. The Hall–Kier alpha value is -7.76.